The Labute approximate surface area is 137 Å². The van der Waals surface area contributed by atoms with E-state index in [1.54, 1.807) is 0 Å². The monoisotopic (exact) mass is 318 g/mol. The van der Waals surface area contributed by atoms with E-state index in [1.807, 2.05) is 31.2 Å². The molecule has 0 aromatic heterocycles. The first-order valence-corrected chi connectivity index (χ1v) is 8.60. The van der Waals surface area contributed by atoms with Crippen LogP contribution in [0.4, 0.5) is 0 Å². The Kier molecular flexibility index (Phi) is 5.51. The summed E-state index contributed by atoms with van der Waals surface area (Å²) < 4.78 is 11.3. The van der Waals surface area contributed by atoms with Crippen LogP contribution in [0.3, 0.4) is 0 Å². The minimum absolute atomic E-state index is 0.0827. The fourth-order valence-corrected chi connectivity index (χ4v) is 3.55. The van der Waals surface area contributed by atoms with Crippen molar-refractivity contribution in [3.8, 4) is 5.75 Å². The molecule has 1 amide bonds. The summed E-state index contributed by atoms with van der Waals surface area (Å²) in [5, 5.41) is 3.02. The van der Waals surface area contributed by atoms with Crippen molar-refractivity contribution in [2.75, 3.05) is 26.3 Å². The Morgan fingerprint density at radius 2 is 2.35 bits per heavy atom. The zero-order valence-electron chi connectivity index (χ0n) is 13.8. The van der Waals surface area contributed by atoms with E-state index in [4.69, 9.17) is 9.47 Å². The van der Waals surface area contributed by atoms with Crippen LogP contribution >= 0.6 is 0 Å². The van der Waals surface area contributed by atoms with E-state index >= 15 is 0 Å². The van der Waals surface area contributed by atoms with Crippen LogP contribution in [0.1, 0.15) is 31.7 Å². The molecular formula is C18H26N2O3. The van der Waals surface area contributed by atoms with Crippen molar-refractivity contribution in [1.82, 2.24) is 10.2 Å². The predicted molar refractivity (Wildman–Crippen MR) is 88.4 cm³/mol. The third kappa shape index (κ3) is 4.24. The first kappa shape index (κ1) is 16.3. The molecule has 0 unspecified atom stereocenters. The van der Waals surface area contributed by atoms with Crippen molar-refractivity contribution in [1.29, 1.82) is 0 Å². The first-order valence-electron chi connectivity index (χ1n) is 8.60. The van der Waals surface area contributed by atoms with E-state index < -0.39 is 0 Å². The van der Waals surface area contributed by atoms with Gasteiger partial charge in [-0.25, -0.2) is 0 Å². The SMILES string of the molecule is CCOc1cccc(CNC(=O)CN2CCO[C@H]3CCC[C@H]32)c1. The average Bonchev–Trinajstić information content (AvgIpc) is 3.03. The van der Waals surface area contributed by atoms with Gasteiger partial charge in [0.15, 0.2) is 0 Å². The number of carbonyl (C=O) groups is 1. The first-order chi connectivity index (χ1) is 11.3. The molecule has 1 aromatic rings. The van der Waals surface area contributed by atoms with Crippen LogP contribution in [-0.4, -0.2) is 49.3 Å². The van der Waals surface area contributed by atoms with Crippen LogP contribution in [0, 0.1) is 0 Å². The van der Waals surface area contributed by atoms with Crippen LogP contribution in [0.25, 0.3) is 0 Å². The summed E-state index contributed by atoms with van der Waals surface area (Å²) in [6, 6.07) is 8.30. The maximum atomic E-state index is 12.3. The second-order valence-corrected chi connectivity index (χ2v) is 6.24. The Morgan fingerprint density at radius 1 is 1.43 bits per heavy atom. The zero-order chi connectivity index (χ0) is 16.1. The predicted octanol–water partition coefficient (Wildman–Crippen LogP) is 1.95. The summed E-state index contributed by atoms with van der Waals surface area (Å²) in [4.78, 5) is 14.5. The molecule has 1 aromatic carbocycles. The van der Waals surface area contributed by atoms with Crippen LogP contribution < -0.4 is 10.1 Å². The van der Waals surface area contributed by atoms with Gasteiger partial charge in [-0.15, -0.1) is 0 Å². The highest BCUT2D eigenvalue weighted by Gasteiger charge is 2.36. The number of hydrogen-bond donors (Lipinski definition) is 1. The van der Waals surface area contributed by atoms with E-state index in [1.165, 1.54) is 6.42 Å². The Bertz CT molecular complexity index is 535. The molecule has 2 atom stereocenters. The summed E-state index contributed by atoms with van der Waals surface area (Å²) >= 11 is 0. The van der Waals surface area contributed by atoms with Gasteiger partial charge in [-0.2, -0.15) is 0 Å². The molecule has 126 valence electrons. The van der Waals surface area contributed by atoms with E-state index in [2.05, 4.69) is 10.2 Å². The van der Waals surface area contributed by atoms with Crippen molar-refractivity contribution in [2.24, 2.45) is 0 Å². The molecule has 1 heterocycles. The molecule has 1 saturated heterocycles. The number of nitrogens with zero attached hydrogens (tertiary/aromatic N) is 1. The van der Waals surface area contributed by atoms with Crippen LogP contribution in [0.15, 0.2) is 24.3 Å². The zero-order valence-corrected chi connectivity index (χ0v) is 13.8. The molecule has 5 nitrogen and oxygen atoms in total. The van der Waals surface area contributed by atoms with Gasteiger partial charge in [-0.05, 0) is 43.9 Å². The molecule has 2 aliphatic rings. The maximum Gasteiger partial charge on any atom is 0.234 e. The Hall–Kier alpha value is -1.59. The number of benzene rings is 1. The van der Waals surface area contributed by atoms with Gasteiger partial charge < -0.3 is 14.8 Å². The summed E-state index contributed by atoms with van der Waals surface area (Å²) in [5.74, 6) is 0.931. The molecule has 23 heavy (non-hydrogen) atoms. The van der Waals surface area contributed by atoms with Gasteiger partial charge in [0.05, 0.1) is 25.9 Å². The number of hydrogen-bond acceptors (Lipinski definition) is 4. The lowest BCUT2D eigenvalue weighted by Gasteiger charge is -2.37. The second kappa shape index (κ2) is 7.79. The number of rotatable bonds is 6. The average molecular weight is 318 g/mol. The van der Waals surface area contributed by atoms with Crippen LogP contribution in [0.2, 0.25) is 0 Å². The normalized spacial score (nSPS) is 24.2. The van der Waals surface area contributed by atoms with Gasteiger partial charge in [0.25, 0.3) is 0 Å². The molecule has 1 N–H and O–H groups in total. The summed E-state index contributed by atoms with van der Waals surface area (Å²) in [6.07, 6.45) is 3.82. The molecular weight excluding hydrogens is 292 g/mol. The van der Waals surface area contributed by atoms with Crippen molar-refractivity contribution in [3.05, 3.63) is 29.8 Å². The molecule has 5 heteroatoms. The lowest BCUT2D eigenvalue weighted by Crippen LogP contribution is -2.51. The summed E-state index contributed by atoms with van der Waals surface area (Å²) in [7, 11) is 0. The largest absolute Gasteiger partial charge is 0.494 e. The number of morpholine rings is 1. The highest BCUT2D eigenvalue weighted by Crippen LogP contribution is 2.29. The molecule has 3 rings (SSSR count). The lowest BCUT2D eigenvalue weighted by molar-refractivity contribution is -0.126. The third-order valence-electron chi connectivity index (χ3n) is 4.64. The number of nitrogens with one attached hydrogen (secondary N) is 1. The fraction of sp³-hybridized carbons (Fsp3) is 0.611. The van der Waals surface area contributed by atoms with Gasteiger partial charge in [-0.3, -0.25) is 9.69 Å². The van der Waals surface area contributed by atoms with Crippen LogP contribution in [-0.2, 0) is 16.1 Å². The Balaban J connectivity index is 1.48. The number of amides is 1. The second-order valence-electron chi connectivity index (χ2n) is 6.24. The van der Waals surface area contributed by atoms with E-state index in [0.29, 0.717) is 31.8 Å². The topological polar surface area (TPSA) is 50.8 Å². The number of ether oxygens (including phenoxy) is 2. The minimum Gasteiger partial charge on any atom is -0.494 e. The van der Waals surface area contributed by atoms with Crippen molar-refractivity contribution >= 4 is 5.91 Å². The van der Waals surface area contributed by atoms with E-state index in [0.717, 1.165) is 37.3 Å². The molecule has 1 saturated carbocycles. The highest BCUT2D eigenvalue weighted by molar-refractivity contribution is 5.78. The third-order valence-corrected chi connectivity index (χ3v) is 4.64. The molecule has 0 radical (unpaired) electrons. The summed E-state index contributed by atoms with van der Waals surface area (Å²) in [5.41, 5.74) is 1.06. The fourth-order valence-electron chi connectivity index (χ4n) is 3.55. The lowest BCUT2D eigenvalue weighted by atomic mass is 10.1. The van der Waals surface area contributed by atoms with Gasteiger partial charge >= 0.3 is 0 Å². The molecule has 1 aliphatic heterocycles. The van der Waals surface area contributed by atoms with Crippen molar-refractivity contribution in [2.45, 2.75) is 44.9 Å². The number of carbonyl (C=O) groups excluding carboxylic acids is 1. The smallest absolute Gasteiger partial charge is 0.234 e. The molecule has 2 fully saturated rings. The van der Waals surface area contributed by atoms with E-state index in [-0.39, 0.29) is 5.91 Å². The standard InChI is InChI=1S/C18H26N2O3/c1-2-22-15-6-3-5-14(11-15)12-19-18(21)13-20-9-10-23-17-8-4-7-16(17)20/h3,5-6,11,16-17H,2,4,7-10,12-13H2,1H3,(H,19,21)/t16-,17+/m1/s1. The van der Waals surface area contributed by atoms with Gasteiger partial charge in [0.1, 0.15) is 5.75 Å². The van der Waals surface area contributed by atoms with Gasteiger partial charge in [-0.1, -0.05) is 12.1 Å². The quantitative estimate of drug-likeness (QED) is 0.871. The molecule has 0 bridgehead atoms. The minimum atomic E-state index is 0.0827. The van der Waals surface area contributed by atoms with Crippen LogP contribution in [0.5, 0.6) is 5.75 Å². The Morgan fingerprint density at radius 3 is 3.22 bits per heavy atom. The highest BCUT2D eigenvalue weighted by atomic mass is 16.5. The van der Waals surface area contributed by atoms with E-state index in [9.17, 15) is 4.79 Å². The van der Waals surface area contributed by atoms with Gasteiger partial charge in [0.2, 0.25) is 5.91 Å². The summed E-state index contributed by atoms with van der Waals surface area (Å²) in [6.45, 7) is 5.22. The van der Waals surface area contributed by atoms with Crippen molar-refractivity contribution in [3.63, 3.8) is 0 Å². The van der Waals surface area contributed by atoms with Gasteiger partial charge in [0, 0.05) is 19.1 Å². The van der Waals surface area contributed by atoms with Crippen molar-refractivity contribution < 1.29 is 14.3 Å². The maximum absolute atomic E-state index is 12.3. The number of fused-ring (bicyclic) bond motifs is 1. The molecule has 0 spiro atoms. The molecule has 1 aliphatic carbocycles.